The van der Waals surface area contributed by atoms with Crippen molar-refractivity contribution >= 4 is 11.0 Å². The smallest absolute Gasteiger partial charge is 0.106 e. The standard InChI is InChI=1S/C12H16N2O/c1-3-6-14-9(2)13-11-7-10(8-15)4-5-12(11)14/h4-5,7,15H,3,6,8H2,1-2H3. The Kier molecular flexibility index (Phi) is 2.73. The van der Waals surface area contributed by atoms with E-state index in [2.05, 4.69) is 16.5 Å². The molecule has 0 saturated carbocycles. The van der Waals surface area contributed by atoms with Crippen LogP contribution in [0.3, 0.4) is 0 Å². The van der Waals surface area contributed by atoms with Gasteiger partial charge in [0.15, 0.2) is 0 Å². The molecule has 0 saturated heterocycles. The second-order valence-electron chi connectivity index (χ2n) is 3.79. The maximum absolute atomic E-state index is 9.04. The van der Waals surface area contributed by atoms with Crippen molar-refractivity contribution in [1.29, 1.82) is 0 Å². The van der Waals surface area contributed by atoms with E-state index in [0.717, 1.165) is 35.4 Å². The van der Waals surface area contributed by atoms with E-state index in [1.807, 2.05) is 25.1 Å². The van der Waals surface area contributed by atoms with Crippen LogP contribution in [0.5, 0.6) is 0 Å². The molecule has 1 N–H and O–H groups in total. The lowest BCUT2D eigenvalue weighted by atomic mass is 10.2. The molecule has 0 atom stereocenters. The number of hydrogen-bond donors (Lipinski definition) is 1. The largest absolute Gasteiger partial charge is 0.392 e. The van der Waals surface area contributed by atoms with E-state index in [0.29, 0.717) is 0 Å². The molecule has 0 unspecified atom stereocenters. The first-order valence-electron chi connectivity index (χ1n) is 5.33. The molecular formula is C12H16N2O. The lowest BCUT2D eigenvalue weighted by Gasteiger charge is -2.04. The summed E-state index contributed by atoms with van der Waals surface area (Å²) in [5, 5.41) is 9.04. The van der Waals surface area contributed by atoms with Gasteiger partial charge in [-0.25, -0.2) is 4.98 Å². The summed E-state index contributed by atoms with van der Waals surface area (Å²) in [6.45, 7) is 5.26. The molecule has 2 rings (SSSR count). The average molecular weight is 204 g/mol. The van der Waals surface area contributed by atoms with Gasteiger partial charge >= 0.3 is 0 Å². The van der Waals surface area contributed by atoms with Crippen molar-refractivity contribution in [3.63, 3.8) is 0 Å². The molecule has 2 aromatic rings. The highest BCUT2D eigenvalue weighted by molar-refractivity contribution is 5.76. The lowest BCUT2D eigenvalue weighted by molar-refractivity contribution is 0.282. The molecule has 3 heteroatoms. The summed E-state index contributed by atoms with van der Waals surface area (Å²) in [5.74, 6) is 1.04. The van der Waals surface area contributed by atoms with Gasteiger partial charge in [-0.15, -0.1) is 0 Å². The molecule has 0 radical (unpaired) electrons. The molecule has 80 valence electrons. The van der Waals surface area contributed by atoms with Gasteiger partial charge in [0.25, 0.3) is 0 Å². The van der Waals surface area contributed by atoms with Crippen molar-refractivity contribution in [3.8, 4) is 0 Å². The Balaban J connectivity index is 2.58. The SMILES string of the molecule is CCCn1c(C)nc2cc(CO)ccc21. The normalized spacial score (nSPS) is 11.1. The van der Waals surface area contributed by atoms with E-state index in [-0.39, 0.29) is 6.61 Å². The summed E-state index contributed by atoms with van der Waals surface area (Å²) < 4.78 is 2.22. The molecule has 15 heavy (non-hydrogen) atoms. The van der Waals surface area contributed by atoms with Gasteiger partial charge in [-0.3, -0.25) is 0 Å². The molecular weight excluding hydrogens is 188 g/mol. The third kappa shape index (κ3) is 1.75. The molecule has 1 heterocycles. The van der Waals surface area contributed by atoms with Crippen LogP contribution in [0.2, 0.25) is 0 Å². The minimum Gasteiger partial charge on any atom is -0.392 e. The third-order valence-corrected chi connectivity index (χ3v) is 2.63. The summed E-state index contributed by atoms with van der Waals surface area (Å²) in [5.41, 5.74) is 3.06. The van der Waals surface area contributed by atoms with Crippen LogP contribution in [0.15, 0.2) is 18.2 Å². The van der Waals surface area contributed by atoms with Crippen LogP contribution < -0.4 is 0 Å². The first kappa shape index (κ1) is 10.2. The number of aromatic nitrogens is 2. The summed E-state index contributed by atoms with van der Waals surface area (Å²) in [4.78, 5) is 4.49. The average Bonchev–Trinajstić information content (AvgIpc) is 2.55. The number of rotatable bonds is 3. The summed E-state index contributed by atoms with van der Waals surface area (Å²) >= 11 is 0. The fraction of sp³-hybridized carbons (Fsp3) is 0.417. The Bertz CT molecular complexity index is 474. The molecule has 0 amide bonds. The van der Waals surface area contributed by atoms with E-state index >= 15 is 0 Å². The van der Waals surface area contributed by atoms with Crippen LogP contribution in [-0.4, -0.2) is 14.7 Å². The van der Waals surface area contributed by atoms with Gasteiger partial charge < -0.3 is 9.67 Å². The van der Waals surface area contributed by atoms with Crippen molar-refractivity contribution < 1.29 is 5.11 Å². The Morgan fingerprint density at radius 1 is 1.40 bits per heavy atom. The zero-order chi connectivity index (χ0) is 10.8. The number of imidazole rings is 1. The second-order valence-corrected chi connectivity index (χ2v) is 3.79. The highest BCUT2D eigenvalue weighted by atomic mass is 16.3. The van der Waals surface area contributed by atoms with Crippen molar-refractivity contribution in [3.05, 3.63) is 29.6 Å². The van der Waals surface area contributed by atoms with Crippen LogP contribution in [0.4, 0.5) is 0 Å². The van der Waals surface area contributed by atoms with E-state index in [4.69, 9.17) is 5.11 Å². The van der Waals surface area contributed by atoms with Gasteiger partial charge in [-0.2, -0.15) is 0 Å². The number of aryl methyl sites for hydroxylation is 2. The zero-order valence-electron chi connectivity index (χ0n) is 9.20. The van der Waals surface area contributed by atoms with Crippen LogP contribution in [0.1, 0.15) is 24.7 Å². The zero-order valence-corrected chi connectivity index (χ0v) is 9.20. The lowest BCUT2D eigenvalue weighted by Crippen LogP contribution is -1.98. The Morgan fingerprint density at radius 3 is 2.87 bits per heavy atom. The maximum Gasteiger partial charge on any atom is 0.106 e. The van der Waals surface area contributed by atoms with Crippen LogP contribution in [-0.2, 0) is 13.2 Å². The molecule has 0 aliphatic heterocycles. The predicted molar refractivity (Wildman–Crippen MR) is 60.7 cm³/mol. The third-order valence-electron chi connectivity index (χ3n) is 2.63. The van der Waals surface area contributed by atoms with Gasteiger partial charge in [-0.1, -0.05) is 13.0 Å². The van der Waals surface area contributed by atoms with Gasteiger partial charge in [0.1, 0.15) is 5.82 Å². The molecule has 0 fully saturated rings. The van der Waals surface area contributed by atoms with Crippen LogP contribution in [0, 0.1) is 6.92 Å². The fourth-order valence-electron chi connectivity index (χ4n) is 1.90. The number of fused-ring (bicyclic) bond motifs is 1. The number of nitrogens with zero attached hydrogens (tertiary/aromatic N) is 2. The minimum absolute atomic E-state index is 0.0790. The quantitative estimate of drug-likeness (QED) is 0.832. The minimum atomic E-state index is 0.0790. The molecule has 0 bridgehead atoms. The molecule has 0 spiro atoms. The van der Waals surface area contributed by atoms with E-state index in [1.54, 1.807) is 0 Å². The number of aliphatic hydroxyl groups is 1. The summed E-state index contributed by atoms with van der Waals surface area (Å²) in [6.07, 6.45) is 1.11. The molecule has 0 aliphatic carbocycles. The Hall–Kier alpha value is -1.35. The Labute approximate surface area is 89.4 Å². The first-order valence-corrected chi connectivity index (χ1v) is 5.33. The molecule has 1 aromatic heterocycles. The van der Waals surface area contributed by atoms with Gasteiger partial charge in [0.2, 0.25) is 0 Å². The monoisotopic (exact) mass is 204 g/mol. The van der Waals surface area contributed by atoms with Crippen molar-refractivity contribution in [2.24, 2.45) is 0 Å². The topological polar surface area (TPSA) is 38.0 Å². The van der Waals surface area contributed by atoms with Gasteiger partial charge in [0, 0.05) is 6.54 Å². The van der Waals surface area contributed by atoms with E-state index < -0.39 is 0 Å². The highest BCUT2D eigenvalue weighted by Gasteiger charge is 2.06. The van der Waals surface area contributed by atoms with E-state index in [9.17, 15) is 0 Å². The number of hydrogen-bond acceptors (Lipinski definition) is 2. The predicted octanol–water partition coefficient (Wildman–Crippen LogP) is 2.25. The van der Waals surface area contributed by atoms with Crippen molar-refractivity contribution in [1.82, 2.24) is 9.55 Å². The fourth-order valence-corrected chi connectivity index (χ4v) is 1.90. The van der Waals surface area contributed by atoms with Crippen molar-refractivity contribution in [2.75, 3.05) is 0 Å². The van der Waals surface area contributed by atoms with Gasteiger partial charge in [-0.05, 0) is 31.0 Å². The second kappa shape index (κ2) is 4.03. The molecule has 3 nitrogen and oxygen atoms in total. The number of benzene rings is 1. The van der Waals surface area contributed by atoms with Crippen molar-refractivity contribution in [2.45, 2.75) is 33.4 Å². The van der Waals surface area contributed by atoms with E-state index in [1.165, 1.54) is 0 Å². The maximum atomic E-state index is 9.04. The highest BCUT2D eigenvalue weighted by Crippen LogP contribution is 2.18. The molecule has 0 aliphatic rings. The van der Waals surface area contributed by atoms with Crippen LogP contribution >= 0.6 is 0 Å². The number of aliphatic hydroxyl groups excluding tert-OH is 1. The summed E-state index contributed by atoms with van der Waals surface area (Å²) in [6, 6.07) is 5.95. The molecule has 1 aromatic carbocycles. The first-order chi connectivity index (χ1) is 7.26. The van der Waals surface area contributed by atoms with Gasteiger partial charge in [0.05, 0.1) is 17.6 Å². The summed E-state index contributed by atoms with van der Waals surface area (Å²) in [7, 11) is 0. The van der Waals surface area contributed by atoms with Crippen LogP contribution in [0.25, 0.3) is 11.0 Å². The Morgan fingerprint density at radius 2 is 2.20 bits per heavy atom.